The van der Waals surface area contributed by atoms with Gasteiger partial charge >= 0.3 is 0 Å². The number of fused-ring (bicyclic) bond motifs is 1. The Hall–Kier alpha value is -2.60. The van der Waals surface area contributed by atoms with E-state index in [4.69, 9.17) is 0 Å². The summed E-state index contributed by atoms with van der Waals surface area (Å²) in [5, 5.41) is 7.41. The van der Waals surface area contributed by atoms with E-state index in [1.165, 1.54) is 0 Å². The smallest absolute Gasteiger partial charge is 0.272 e. The maximum atomic E-state index is 12.4. The van der Waals surface area contributed by atoms with E-state index in [1.807, 2.05) is 29.1 Å². The molecule has 0 aliphatic heterocycles. The van der Waals surface area contributed by atoms with Gasteiger partial charge in [-0.2, -0.15) is 0 Å². The van der Waals surface area contributed by atoms with Crippen LogP contribution in [0, 0.1) is 0 Å². The van der Waals surface area contributed by atoms with Crippen molar-refractivity contribution >= 4 is 39.1 Å². The van der Waals surface area contributed by atoms with Crippen molar-refractivity contribution in [3.63, 3.8) is 0 Å². The van der Waals surface area contributed by atoms with Crippen molar-refractivity contribution in [2.75, 3.05) is 12.4 Å². The van der Waals surface area contributed by atoms with Crippen LogP contribution >= 0.6 is 11.3 Å². The van der Waals surface area contributed by atoms with Crippen LogP contribution in [0.15, 0.2) is 41.8 Å². The van der Waals surface area contributed by atoms with Gasteiger partial charge in [-0.05, 0) is 41.8 Å². The van der Waals surface area contributed by atoms with E-state index >= 15 is 0 Å². The van der Waals surface area contributed by atoms with Gasteiger partial charge < -0.3 is 15.2 Å². The number of thiophene rings is 1. The molecule has 22 heavy (non-hydrogen) atoms. The number of amides is 2. The average molecular weight is 313 g/mol. The molecular weight excluding hydrogens is 298 g/mol. The predicted molar refractivity (Wildman–Crippen MR) is 88.6 cm³/mol. The molecule has 0 spiro atoms. The number of aryl methyl sites for hydroxylation is 1. The van der Waals surface area contributed by atoms with Crippen LogP contribution in [0.2, 0.25) is 0 Å². The number of carbonyl (C=O) groups is 2. The van der Waals surface area contributed by atoms with Crippen molar-refractivity contribution in [3.05, 3.63) is 53.0 Å². The summed E-state index contributed by atoms with van der Waals surface area (Å²) < 4.78 is 2.96. The standard InChI is InChI=1S/C16H15N3O2S/c1-17-15(20)10-3-5-11(6-4-10)18-16(21)13-9-14-12(19(13)2)7-8-22-14/h3-9H,1-2H3,(H,17,20)(H,18,21). The minimum Gasteiger partial charge on any atom is -0.355 e. The Morgan fingerprint density at radius 2 is 1.82 bits per heavy atom. The van der Waals surface area contributed by atoms with Crippen LogP contribution in [-0.4, -0.2) is 23.4 Å². The Bertz CT molecular complexity index is 846. The highest BCUT2D eigenvalue weighted by atomic mass is 32.1. The summed E-state index contributed by atoms with van der Waals surface area (Å²) in [5.41, 5.74) is 2.87. The number of rotatable bonds is 3. The second-order valence-electron chi connectivity index (χ2n) is 4.87. The topological polar surface area (TPSA) is 63.1 Å². The molecule has 0 atom stereocenters. The van der Waals surface area contributed by atoms with Gasteiger partial charge in [-0.25, -0.2) is 0 Å². The van der Waals surface area contributed by atoms with Crippen molar-refractivity contribution in [2.45, 2.75) is 0 Å². The lowest BCUT2D eigenvalue weighted by Crippen LogP contribution is -2.18. The highest BCUT2D eigenvalue weighted by Gasteiger charge is 2.14. The summed E-state index contributed by atoms with van der Waals surface area (Å²) >= 11 is 1.61. The Balaban J connectivity index is 1.80. The molecule has 0 bridgehead atoms. The summed E-state index contributed by atoms with van der Waals surface area (Å²) in [4.78, 5) is 23.9. The first-order valence-electron chi connectivity index (χ1n) is 6.76. The van der Waals surface area contributed by atoms with Gasteiger partial charge in [0.15, 0.2) is 0 Å². The van der Waals surface area contributed by atoms with Crippen LogP contribution in [-0.2, 0) is 7.05 Å². The van der Waals surface area contributed by atoms with Crippen LogP contribution in [0.5, 0.6) is 0 Å². The first-order valence-corrected chi connectivity index (χ1v) is 7.64. The molecular formula is C16H15N3O2S. The summed E-state index contributed by atoms with van der Waals surface area (Å²) in [6.45, 7) is 0. The number of hydrogen-bond acceptors (Lipinski definition) is 3. The van der Waals surface area contributed by atoms with Gasteiger partial charge in [0.1, 0.15) is 5.69 Å². The minimum atomic E-state index is -0.168. The summed E-state index contributed by atoms with van der Waals surface area (Å²) in [6.07, 6.45) is 0. The van der Waals surface area contributed by atoms with Crippen LogP contribution in [0.1, 0.15) is 20.8 Å². The number of nitrogens with zero attached hydrogens (tertiary/aromatic N) is 1. The Morgan fingerprint density at radius 1 is 1.09 bits per heavy atom. The van der Waals surface area contributed by atoms with E-state index in [2.05, 4.69) is 10.6 Å². The number of benzene rings is 1. The molecule has 3 rings (SSSR count). The molecule has 0 aliphatic rings. The molecule has 2 heterocycles. The van der Waals surface area contributed by atoms with E-state index in [0.29, 0.717) is 16.9 Å². The molecule has 1 aromatic carbocycles. The second kappa shape index (κ2) is 5.65. The van der Waals surface area contributed by atoms with E-state index in [-0.39, 0.29) is 11.8 Å². The molecule has 2 amide bonds. The zero-order valence-corrected chi connectivity index (χ0v) is 13.0. The molecule has 6 heteroatoms. The molecule has 0 fully saturated rings. The van der Waals surface area contributed by atoms with Crippen LogP contribution < -0.4 is 10.6 Å². The average Bonchev–Trinajstić information content (AvgIpc) is 3.10. The predicted octanol–water partition coefficient (Wildman–Crippen LogP) is 2.85. The molecule has 5 nitrogen and oxygen atoms in total. The SMILES string of the molecule is CNC(=O)c1ccc(NC(=O)c2cc3sccc3n2C)cc1. The van der Waals surface area contributed by atoms with Gasteiger partial charge in [-0.3, -0.25) is 9.59 Å². The highest BCUT2D eigenvalue weighted by Crippen LogP contribution is 2.24. The third kappa shape index (κ3) is 2.48. The maximum absolute atomic E-state index is 12.4. The Labute approximate surface area is 131 Å². The lowest BCUT2D eigenvalue weighted by atomic mass is 10.2. The van der Waals surface area contributed by atoms with Crippen molar-refractivity contribution in [3.8, 4) is 0 Å². The quantitative estimate of drug-likeness (QED) is 0.781. The fourth-order valence-corrected chi connectivity index (χ4v) is 3.16. The Morgan fingerprint density at radius 3 is 2.45 bits per heavy atom. The highest BCUT2D eigenvalue weighted by molar-refractivity contribution is 7.17. The fourth-order valence-electron chi connectivity index (χ4n) is 2.31. The number of carbonyl (C=O) groups excluding carboxylic acids is 2. The molecule has 0 saturated heterocycles. The van der Waals surface area contributed by atoms with Crippen LogP contribution in [0.25, 0.3) is 10.2 Å². The minimum absolute atomic E-state index is 0.152. The first kappa shape index (κ1) is 14.3. The normalized spacial score (nSPS) is 10.6. The lowest BCUT2D eigenvalue weighted by Gasteiger charge is -2.07. The van der Waals surface area contributed by atoms with Crippen molar-refractivity contribution in [1.29, 1.82) is 0 Å². The first-order chi connectivity index (χ1) is 10.6. The summed E-state index contributed by atoms with van der Waals surface area (Å²) in [5.74, 6) is -0.320. The third-order valence-electron chi connectivity index (χ3n) is 3.53. The number of aromatic nitrogens is 1. The van der Waals surface area contributed by atoms with Gasteiger partial charge in [0, 0.05) is 25.3 Å². The second-order valence-corrected chi connectivity index (χ2v) is 5.82. The largest absolute Gasteiger partial charge is 0.355 e. The molecule has 2 aromatic heterocycles. The zero-order valence-electron chi connectivity index (χ0n) is 12.2. The maximum Gasteiger partial charge on any atom is 0.272 e. The van der Waals surface area contributed by atoms with Crippen molar-refractivity contribution in [1.82, 2.24) is 9.88 Å². The van der Waals surface area contributed by atoms with Crippen LogP contribution in [0.4, 0.5) is 5.69 Å². The summed E-state index contributed by atoms with van der Waals surface area (Å²) in [6, 6.07) is 10.7. The molecule has 3 aromatic rings. The Kier molecular flexibility index (Phi) is 3.68. The van der Waals surface area contributed by atoms with Crippen molar-refractivity contribution in [2.24, 2.45) is 7.05 Å². The number of hydrogen-bond donors (Lipinski definition) is 2. The van der Waals surface area contributed by atoms with Gasteiger partial charge in [-0.1, -0.05) is 0 Å². The molecule has 2 N–H and O–H groups in total. The number of anilines is 1. The van der Waals surface area contributed by atoms with E-state index in [1.54, 1.807) is 42.6 Å². The lowest BCUT2D eigenvalue weighted by molar-refractivity contribution is 0.0962. The fraction of sp³-hybridized carbons (Fsp3) is 0.125. The molecule has 0 saturated carbocycles. The van der Waals surface area contributed by atoms with E-state index in [9.17, 15) is 9.59 Å². The van der Waals surface area contributed by atoms with Crippen LogP contribution in [0.3, 0.4) is 0 Å². The summed E-state index contributed by atoms with van der Waals surface area (Å²) in [7, 11) is 3.46. The van der Waals surface area contributed by atoms with E-state index in [0.717, 1.165) is 10.2 Å². The van der Waals surface area contributed by atoms with Gasteiger partial charge in [0.05, 0.1) is 10.2 Å². The van der Waals surface area contributed by atoms with Gasteiger partial charge in [0.25, 0.3) is 11.8 Å². The molecule has 0 radical (unpaired) electrons. The van der Waals surface area contributed by atoms with Crippen molar-refractivity contribution < 1.29 is 9.59 Å². The monoisotopic (exact) mass is 313 g/mol. The zero-order chi connectivity index (χ0) is 15.7. The number of nitrogens with one attached hydrogen (secondary N) is 2. The van der Waals surface area contributed by atoms with Gasteiger partial charge in [0.2, 0.25) is 0 Å². The molecule has 0 aliphatic carbocycles. The van der Waals surface area contributed by atoms with E-state index < -0.39 is 0 Å². The molecule has 112 valence electrons. The molecule has 0 unspecified atom stereocenters. The van der Waals surface area contributed by atoms with Gasteiger partial charge in [-0.15, -0.1) is 11.3 Å². The third-order valence-corrected chi connectivity index (χ3v) is 4.38.